The van der Waals surface area contributed by atoms with Crippen molar-refractivity contribution in [3.8, 4) is 0 Å². The van der Waals surface area contributed by atoms with Crippen molar-refractivity contribution in [3.63, 3.8) is 0 Å². The minimum Gasteiger partial charge on any atom is -0.469 e. The quantitative estimate of drug-likeness (QED) is 0.674. The molecule has 0 aromatic heterocycles. The zero-order valence-electron chi connectivity index (χ0n) is 8.64. The van der Waals surface area contributed by atoms with Crippen LogP contribution in [0.4, 0.5) is 4.79 Å². The van der Waals surface area contributed by atoms with Gasteiger partial charge in [0, 0.05) is 13.1 Å². The van der Waals surface area contributed by atoms with Gasteiger partial charge in [-0.3, -0.25) is 4.79 Å². The Bertz CT molecular complexity index is 243. The van der Waals surface area contributed by atoms with Crippen molar-refractivity contribution in [2.24, 2.45) is 0 Å². The summed E-state index contributed by atoms with van der Waals surface area (Å²) in [5, 5.41) is 8.76. The third-order valence-corrected chi connectivity index (χ3v) is 2.33. The predicted octanol–water partition coefficient (Wildman–Crippen LogP) is 0.318. The second-order valence-corrected chi connectivity index (χ2v) is 3.33. The highest BCUT2D eigenvalue weighted by atomic mass is 16.5. The van der Waals surface area contributed by atoms with Gasteiger partial charge in [0.05, 0.1) is 26.2 Å². The molecule has 6 nitrogen and oxygen atoms in total. The van der Waals surface area contributed by atoms with E-state index in [4.69, 9.17) is 9.84 Å². The average Bonchev–Trinajstić information content (AvgIpc) is 2.43. The molecule has 1 heterocycles. The molecule has 86 valence electrons. The molecule has 0 spiro atoms. The number of ether oxygens (including phenoxy) is 2. The third-order valence-electron chi connectivity index (χ3n) is 2.33. The number of carbonyl (C=O) groups excluding carboxylic acids is 1. The second-order valence-electron chi connectivity index (χ2n) is 3.33. The molecule has 0 bridgehead atoms. The lowest BCUT2D eigenvalue weighted by atomic mass is 10.2. The first-order valence-corrected chi connectivity index (χ1v) is 4.79. The minimum atomic E-state index is -0.947. The highest BCUT2D eigenvalue weighted by molar-refractivity contribution is 5.69. The minimum absolute atomic E-state index is 0.184. The number of carboxylic acid groups (broad SMARTS) is 1. The van der Waals surface area contributed by atoms with Gasteiger partial charge in [-0.15, -0.1) is 0 Å². The molecule has 1 aliphatic heterocycles. The summed E-state index contributed by atoms with van der Waals surface area (Å²) in [4.78, 5) is 22.9. The topological polar surface area (TPSA) is 76.1 Å². The molecular formula is C9H15NO5. The summed E-state index contributed by atoms with van der Waals surface area (Å²) in [5.41, 5.74) is 0. The van der Waals surface area contributed by atoms with E-state index >= 15 is 0 Å². The second kappa shape index (κ2) is 5.55. The van der Waals surface area contributed by atoms with Gasteiger partial charge in [0.1, 0.15) is 0 Å². The molecule has 6 heteroatoms. The monoisotopic (exact) mass is 217 g/mol. The number of esters is 1. The molecule has 1 amide bonds. The van der Waals surface area contributed by atoms with E-state index in [2.05, 4.69) is 4.74 Å². The van der Waals surface area contributed by atoms with Crippen molar-refractivity contribution in [2.75, 3.05) is 26.8 Å². The fourth-order valence-corrected chi connectivity index (χ4v) is 1.45. The number of carbonyl (C=O) groups is 2. The van der Waals surface area contributed by atoms with Crippen LogP contribution in [0.2, 0.25) is 0 Å². The molecule has 1 N–H and O–H groups in total. The van der Waals surface area contributed by atoms with E-state index in [-0.39, 0.29) is 18.5 Å². The number of methoxy groups -OCH3 is 1. The molecule has 0 radical (unpaired) electrons. The fraction of sp³-hybridized carbons (Fsp3) is 0.778. The van der Waals surface area contributed by atoms with Gasteiger partial charge in [-0.1, -0.05) is 0 Å². The number of rotatable bonds is 2. The standard InChI is InChI=1S/C9H15NO5/c1-14-8(11)6-7-2-3-10(9(12)13)4-5-15-7/h7H,2-6H2,1H3,(H,12,13)/t7-/m0/s1. The van der Waals surface area contributed by atoms with Gasteiger partial charge in [-0.25, -0.2) is 4.79 Å². The van der Waals surface area contributed by atoms with Gasteiger partial charge in [0.25, 0.3) is 0 Å². The third kappa shape index (κ3) is 3.75. The van der Waals surface area contributed by atoms with Crippen molar-refractivity contribution < 1.29 is 24.2 Å². The Hall–Kier alpha value is -1.30. The van der Waals surface area contributed by atoms with Gasteiger partial charge in [0.2, 0.25) is 0 Å². The van der Waals surface area contributed by atoms with Gasteiger partial charge < -0.3 is 19.5 Å². The van der Waals surface area contributed by atoms with E-state index in [0.29, 0.717) is 26.1 Å². The Morgan fingerprint density at radius 1 is 1.53 bits per heavy atom. The Morgan fingerprint density at radius 3 is 2.87 bits per heavy atom. The molecule has 15 heavy (non-hydrogen) atoms. The van der Waals surface area contributed by atoms with Crippen LogP contribution in [0, 0.1) is 0 Å². The first-order valence-electron chi connectivity index (χ1n) is 4.79. The van der Waals surface area contributed by atoms with Crippen LogP contribution >= 0.6 is 0 Å². The van der Waals surface area contributed by atoms with Gasteiger partial charge in [0.15, 0.2) is 0 Å². The summed E-state index contributed by atoms with van der Waals surface area (Å²) in [6, 6.07) is 0. The van der Waals surface area contributed by atoms with E-state index < -0.39 is 6.09 Å². The zero-order chi connectivity index (χ0) is 11.3. The first-order chi connectivity index (χ1) is 7.13. The molecule has 0 saturated carbocycles. The smallest absolute Gasteiger partial charge is 0.407 e. The molecule has 1 saturated heterocycles. The normalized spacial score (nSPS) is 21.9. The molecule has 0 unspecified atom stereocenters. The average molecular weight is 217 g/mol. The van der Waals surface area contributed by atoms with Crippen molar-refractivity contribution in [2.45, 2.75) is 18.9 Å². The van der Waals surface area contributed by atoms with Crippen LogP contribution in [0.25, 0.3) is 0 Å². The predicted molar refractivity (Wildman–Crippen MR) is 50.6 cm³/mol. The summed E-state index contributed by atoms with van der Waals surface area (Å²) < 4.78 is 9.87. The largest absolute Gasteiger partial charge is 0.469 e. The van der Waals surface area contributed by atoms with Crippen molar-refractivity contribution in [1.29, 1.82) is 0 Å². The Morgan fingerprint density at radius 2 is 2.27 bits per heavy atom. The molecule has 0 aromatic carbocycles. The highest BCUT2D eigenvalue weighted by Gasteiger charge is 2.22. The summed E-state index contributed by atoms with van der Waals surface area (Å²) in [6.07, 6.45) is -0.468. The number of hydrogen-bond acceptors (Lipinski definition) is 4. The summed E-state index contributed by atoms with van der Waals surface area (Å²) in [5.74, 6) is -0.330. The van der Waals surface area contributed by atoms with E-state index in [1.165, 1.54) is 12.0 Å². The first kappa shape index (κ1) is 11.8. The van der Waals surface area contributed by atoms with Crippen LogP contribution in [0.3, 0.4) is 0 Å². The summed E-state index contributed by atoms with van der Waals surface area (Å²) in [7, 11) is 1.32. The lowest BCUT2D eigenvalue weighted by Crippen LogP contribution is -2.31. The van der Waals surface area contributed by atoms with E-state index in [1.54, 1.807) is 0 Å². The van der Waals surface area contributed by atoms with E-state index in [0.717, 1.165) is 0 Å². The zero-order valence-corrected chi connectivity index (χ0v) is 8.64. The van der Waals surface area contributed by atoms with Crippen molar-refractivity contribution in [3.05, 3.63) is 0 Å². The maximum absolute atomic E-state index is 11.0. The SMILES string of the molecule is COC(=O)C[C@@H]1CCN(C(=O)O)CCO1. The van der Waals surface area contributed by atoms with Crippen LogP contribution in [0.1, 0.15) is 12.8 Å². The number of amides is 1. The lowest BCUT2D eigenvalue weighted by Gasteiger charge is -2.14. The molecule has 0 aliphatic carbocycles. The summed E-state index contributed by atoms with van der Waals surface area (Å²) >= 11 is 0. The van der Waals surface area contributed by atoms with E-state index in [1.807, 2.05) is 0 Å². The van der Waals surface area contributed by atoms with E-state index in [9.17, 15) is 9.59 Å². The van der Waals surface area contributed by atoms with Gasteiger partial charge in [-0.2, -0.15) is 0 Å². The molecule has 1 fully saturated rings. The maximum Gasteiger partial charge on any atom is 0.407 e. The fourth-order valence-electron chi connectivity index (χ4n) is 1.45. The lowest BCUT2D eigenvalue weighted by molar-refractivity contribution is -0.143. The summed E-state index contributed by atoms with van der Waals surface area (Å²) in [6.45, 7) is 1.08. The highest BCUT2D eigenvalue weighted by Crippen LogP contribution is 2.11. The Balaban J connectivity index is 2.39. The molecule has 0 aromatic rings. The maximum atomic E-state index is 11.0. The van der Waals surface area contributed by atoms with Gasteiger partial charge >= 0.3 is 12.1 Å². The number of nitrogens with zero attached hydrogens (tertiary/aromatic N) is 1. The molecule has 1 atom stereocenters. The molecule has 1 rings (SSSR count). The van der Waals surface area contributed by atoms with Crippen LogP contribution in [0.5, 0.6) is 0 Å². The number of hydrogen-bond donors (Lipinski definition) is 1. The van der Waals surface area contributed by atoms with Gasteiger partial charge in [-0.05, 0) is 6.42 Å². The van der Waals surface area contributed by atoms with Crippen LogP contribution in [-0.2, 0) is 14.3 Å². The van der Waals surface area contributed by atoms with Crippen LogP contribution < -0.4 is 0 Å². The van der Waals surface area contributed by atoms with Crippen molar-refractivity contribution >= 4 is 12.1 Å². The van der Waals surface area contributed by atoms with Crippen LogP contribution in [0.15, 0.2) is 0 Å². The Kier molecular flexibility index (Phi) is 4.36. The molecular weight excluding hydrogens is 202 g/mol. The molecule has 1 aliphatic rings. The Labute approximate surface area is 87.8 Å². The van der Waals surface area contributed by atoms with Crippen LogP contribution in [-0.4, -0.2) is 55.0 Å². The van der Waals surface area contributed by atoms with Crippen molar-refractivity contribution in [1.82, 2.24) is 4.90 Å².